The van der Waals surface area contributed by atoms with Crippen molar-refractivity contribution in [2.45, 2.75) is 52.6 Å². The molecule has 1 N–H and O–H groups in total. The second-order valence-electron chi connectivity index (χ2n) is 6.02. The number of rotatable bonds is 4. The Labute approximate surface area is 101 Å². The van der Waals surface area contributed by atoms with Gasteiger partial charge in [-0.2, -0.15) is 0 Å². The van der Waals surface area contributed by atoms with Crippen molar-refractivity contribution in [3.63, 3.8) is 0 Å². The average Bonchev–Trinajstić information content (AvgIpc) is 2.94. The fraction of sp³-hybridized carbons (Fsp3) is 1.00. The van der Waals surface area contributed by atoms with Gasteiger partial charge in [0.15, 0.2) is 0 Å². The molecule has 5 atom stereocenters. The first-order valence-corrected chi connectivity index (χ1v) is 7.11. The number of likely N-dealkylation sites (tertiary alicyclic amines) is 1. The van der Waals surface area contributed by atoms with E-state index in [-0.39, 0.29) is 0 Å². The van der Waals surface area contributed by atoms with Gasteiger partial charge in [0.2, 0.25) is 0 Å². The topological polar surface area (TPSA) is 15.3 Å². The van der Waals surface area contributed by atoms with Crippen molar-refractivity contribution in [3.8, 4) is 0 Å². The normalized spacial score (nSPS) is 44.6. The molecule has 1 saturated heterocycles. The molecule has 2 fully saturated rings. The maximum atomic E-state index is 3.64. The number of nitrogens with zero attached hydrogens (tertiary/aromatic N) is 1. The van der Waals surface area contributed by atoms with Crippen molar-refractivity contribution in [2.24, 2.45) is 17.8 Å². The second kappa shape index (κ2) is 5.05. The maximum absolute atomic E-state index is 3.64. The van der Waals surface area contributed by atoms with Gasteiger partial charge in [-0.15, -0.1) is 0 Å². The molecule has 2 aliphatic rings. The largest absolute Gasteiger partial charge is 0.314 e. The van der Waals surface area contributed by atoms with Gasteiger partial charge >= 0.3 is 0 Å². The summed E-state index contributed by atoms with van der Waals surface area (Å²) in [4.78, 5) is 2.73. The van der Waals surface area contributed by atoms with Crippen LogP contribution in [-0.4, -0.2) is 36.6 Å². The van der Waals surface area contributed by atoms with E-state index < -0.39 is 0 Å². The summed E-state index contributed by atoms with van der Waals surface area (Å²) in [5.41, 5.74) is 0. The standard InChI is InChI=1S/C14H28N2/c1-5-15-14-6-7-16(12(4)11(14)3)9-13-8-10(13)2/h10-15H,5-9H2,1-4H3. The highest BCUT2D eigenvalue weighted by Crippen LogP contribution is 2.39. The number of piperidine rings is 1. The Bertz CT molecular complexity index is 229. The molecule has 2 heteroatoms. The van der Waals surface area contributed by atoms with Gasteiger partial charge in [0.05, 0.1) is 0 Å². The van der Waals surface area contributed by atoms with E-state index in [0.29, 0.717) is 0 Å². The van der Waals surface area contributed by atoms with E-state index >= 15 is 0 Å². The third kappa shape index (κ3) is 2.60. The number of hydrogen-bond donors (Lipinski definition) is 1. The molecule has 0 aromatic carbocycles. The van der Waals surface area contributed by atoms with Crippen molar-refractivity contribution in [1.29, 1.82) is 0 Å². The van der Waals surface area contributed by atoms with Gasteiger partial charge < -0.3 is 5.32 Å². The fourth-order valence-corrected chi connectivity index (χ4v) is 3.20. The molecular weight excluding hydrogens is 196 g/mol. The lowest BCUT2D eigenvalue weighted by atomic mass is 9.87. The van der Waals surface area contributed by atoms with Crippen molar-refractivity contribution >= 4 is 0 Å². The zero-order valence-electron chi connectivity index (χ0n) is 11.4. The molecular formula is C14H28N2. The van der Waals surface area contributed by atoms with Crippen LogP contribution in [0.1, 0.15) is 40.5 Å². The molecule has 0 bridgehead atoms. The van der Waals surface area contributed by atoms with Crippen LogP contribution >= 0.6 is 0 Å². The van der Waals surface area contributed by atoms with Crippen molar-refractivity contribution in [1.82, 2.24) is 10.2 Å². The Balaban J connectivity index is 1.84. The minimum Gasteiger partial charge on any atom is -0.314 e. The van der Waals surface area contributed by atoms with Crippen LogP contribution in [0.3, 0.4) is 0 Å². The van der Waals surface area contributed by atoms with Crippen LogP contribution in [-0.2, 0) is 0 Å². The van der Waals surface area contributed by atoms with E-state index in [1.54, 1.807) is 0 Å². The predicted octanol–water partition coefficient (Wildman–Crippen LogP) is 2.35. The van der Waals surface area contributed by atoms with Gasteiger partial charge in [-0.25, -0.2) is 0 Å². The molecule has 1 aliphatic heterocycles. The summed E-state index contributed by atoms with van der Waals surface area (Å²) in [7, 11) is 0. The molecule has 94 valence electrons. The van der Waals surface area contributed by atoms with E-state index in [2.05, 4.69) is 37.9 Å². The minimum absolute atomic E-state index is 0.743. The summed E-state index contributed by atoms with van der Waals surface area (Å²) < 4.78 is 0. The molecule has 1 aliphatic carbocycles. The number of nitrogens with one attached hydrogen (secondary N) is 1. The Morgan fingerprint density at radius 3 is 2.50 bits per heavy atom. The smallest absolute Gasteiger partial charge is 0.0120 e. The lowest BCUT2D eigenvalue weighted by Gasteiger charge is -2.43. The third-order valence-corrected chi connectivity index (χ3v) is 4.91. The van der Waals surface area contributed by atoms with E-state index in [1.165, 1.54) is 25.9 Å². The summed E-state index contributed by atoms with van der Waals surface area (Å²) in [6, 6.07) is 1.50. The lowest BCUT2D eigenvalue weighted by molar-refractivity contribution is 0.0802. The van der Waals surface area contributed by atoms with Gasteiger partial charge in [-0.05, 0) is 50.6 Å². The molecule has 1 heterocycles. The molecule has 2 rings (SSSR count). The Morgan fingerprint density at radius 2 is 1.94 bits per heavy atom. The Hall–Kier alpha value is -0.0800. The molecule has 0 radical (unpaired) electrons. The highest BCUT2D eigenvalue weighted by molar-refractivity contribution is 4.92. The van der Waals surface area contributed by atoms with E-state index in [0.717, 1.165) is 36.4 Å². The first-order valence-electron chi connectivity index (χ1n) is 7.11. The zero-order valence-corrected chi connectivity index (χ0v) is 11.4. The van der Waals surface area contributed by atoms with Crippen LogP contribution in [0.4, 0.5) is 0 Å². The fourth-order valence-electron chi connectivity index (χ4n) is 3.20. The Kier molecular flexibility index (Phi) is 3.91. The highest BCUT2D eigenvalue weighted by Gasteiger charge is 2.38. The molecule has 0 amide bonds. The van der Waals surface area contributed by atoms with Gasteiger partial charge in [-0.3, -0.25) is 4.90 Å². The van der Waals surface area contributed by atoms with Crippen molar-refractivity contribution in [2.75, 3.05) is 19.6 Å². The number of hydrogen-bond acceptors (Lipinski definition) is 2. The summed E-state index contributed by atoms with van der Waals surface area (Å²) in [5.74, 6) is 2.79. The second-order valence-corrected chi connectivity index (χ2v) is 6.02. The summed E-state index contributed by atoms with van der Waals surface area (Å²) in [6.07, 6.45) is 2.80. The third-order valence-electron chi connectivity index (χ3n) is 4.91. The van der Waals surface area contributed by atoms with Crippen LogP contribution in [0.25, 0.3) is 0 Å². The van der Waals surface area contributed by atoms with Crippen LogP contribution in [0.5, 0.6) is 0 Å². The quantitative estimate of drug-likeness (QED) is 0.788. The van der Waals surface area contributed by atoms with Crippen molar-refractivity contribution in [3.05, 3.63) is 0 Å². The van der Waals surface area contributed by atoms with Gasteiger partial charge in [0.1, 0.15) is 0 Å². The molecule has 2 nitrogen and oxygen atoms in total. The van der Waals surface area contributed by atoms with Crippen molar-refractivity contribution < 1.29 is 0 Å². The zero-order chi connectivity index (χ0) is 11.7. The van der Waals surface area contributed by atoms with E-state index in [4.69, 9.17) is 0 Å². The van der Waals surface area contributed by atoms with Gasteiger partial charge in [0.25, 0.3) is 0 Å². The molecule has 0 aromatic rings. The van der Waals surface area contributed by atoms with Crippen LogP contribution in [0.15, 0.2) is 0 Å². The molecule has 5 unspecified atom stereocenters. The van der Waals surface area contributed by atoms with Crippen LogP contribution < -0.4 is 5.32 Å². The lowest BCUT2D eigenvalue weighted by Crippen LogP contribution is -2.53. The Morgan fingerprint density at radius 1 is 1.25 bits per heavy atom. The highest BCUT2D eigenvalue weighted by atomic mass is 15.2. The molecule has 0 spiro atoms. The monoisotopic (exact) mass is 224 g/mol. The van der Waals surface area contributed by atoms with E-state index in [9.17, 15) is 0 Å². The maximum Gasteiger partial charge on any atom is 0.0120 e. The summed E-state index contributed by atoms with van der Waals surface area (Å²) >= 11 is 0. The first-order chi connectivity index (χ1) is 7.63. The molecule has 1 saturated carbocycles. The SMILES string of the molecule is CCNC1CCN(CC2CC2C)C(C)C1C. The molecule has 0 aromatic heterocycles. The predicted molar refractivity (Wildman–Crippen MR) is 69.6 cm³/mol. The molecule has 16 heavy (non-hydrogen) atoms. The average molecular weight is 224 g/mol. The first kappa shape index (κ1) is 12.4. The van der Waals surface area contributed by atoms with Crippen LogP contribution in [0.2, 0.25) is 0 Å². The van der Waals surface area contributed by atoms with Gasteiger partial charge in [-0.1, -0.05) is 20.8 Å². The van der Waals surface area contributed by atoms with Crippen LogP contribution in [0, 0.1) is 17.8 Å². The van der Waals surface area contributed by atoms with E-state index in [1.807, 2.05) is 0 Å². The minimum atomic E-state index is 0.743. The van der Waals surface area contributed by atoms with Gasteiger partial charge in [0, 0.05) is 18.6 Å². The summed E-state index contributed by atoms with van der Waals surface area (Å²) in [6.45, 7) is 13.2. The summed E-state index contributed by atoms with van der Waals surface area (Å²) in [5, 5.41) is 3.64.